The lowest BCUT2D eigenvalue weighted by Crippen LogP contribution is -2.12. The Morgan fingerprint density at radius 2 is 2.07 bits per heavy atom. The minimum Gasteiger partial charge on any atom is -0.353 e. The number of aromatic amines is 1. The Morgan fingerprint density at radius 1 is 1.14 bits per heavy atom. The maximum absolute atomic E-state index is 12.6. The van der Waals surface area contributed by atoms with Crippen LogP contribution in [0.2, 0.25) is 0 Å². The van der Waals surface area contributed by atoms with Crippen LogP contribution in [-0.4, -0.2) is 35.0 Å². The number of nitrogens with one attached hydrogen (secondary N) is 1. The third-order valence-corrected chi connectivity index (χ3v) is 4.24. The second-order valence-corrected chi connectivity index (χ2v) is 6.21. The molecule has 4 heterocycles. The summed E-state index contributed by atoms with van der Waals surface area (Å²) >= 11 is 0. The standard InChI is InChI=1S/C18H13N7O3/c1-25-9-11(8-19-25)10-2-3-13-12(6-10)18(26)22-15(21-13)7-16-23-17(24-28-16)14-4-5-20-27-14/h2-6,8-9H,7H2,1H3,(H,21,22,26). The number of rotatable bonds is 4. The molecule has 0 aliphatic rings. The predicted octanol–water partition coefficient (Wildman–Crippen LogP) is 1.95. The summed E-state index contributed by atoms with van der Waals surface area (Å²) in [6, 6.07) is 7.15. The van der Waals surface area contributed by atoms with Crippen molar-refractivity contribution in [2.45, 2.75) is 6.42 Å². The van der Waals surface area contributed by atoms with Gasteiger partial charge in [0.15, 0.2) is 0 Å². The van der Waals surface area contributed by atoms with Crippen LogP contribution >= 0.6 is 0 Å². The van der Waals surface area contributed by atoms with E-state index in [0.717, 1.165) is 11.1 Å². The fraction of sp³-hybridized carbons (Fsp3) is 0.111. The molecule has 0 radical (unpaired) electrons. The summed E-state index contributed by atoms with van der Waals surface area (Å²) in [6.45, 7) is 0. The van der Waals surface area contributed by atoms with Crippen molar-refractivity contribution in [2.24, 2.45) is 7.05 Å². The molecule has 0 bridgehead atoms. The number of nitrogens with zero attached hydrogens (tertiary/aromatic N) is 6. The van der Waals surface area contributed by atoms with Gasteiger partial charge in [-0.3, -0.25) is 9.48 Å². The number of benzene rings is 1. The van der Waals surface area contributed by atoms with Crippen LogP contribution in [0.1, 0.15) is 11.7 Å². The van der Waals surface area contributed by atoms with Gasteiger partial charge < -0.3 is 14.0 Å². The number of hydrogen-bond donors (Lipinski definition) is 1. The molecule has 1 aromatic carbocycles. The van der Waals surface area contributed by atoms with Gasteiger partial charge in [0.25, 0.3) is 5.56 Å². The Balaban J connectivity index is 1.47. The summed E-state index contributed by atoms with van der Waals surface area (Å²) in [5, 5.41) is 12.1. The van der Waals surface area contributed by atoms with Crippen molar-refractivity contribution in [2.75, 3.05) is 0 Å². The van der Waals surface area contributed by atoms with E-state index in [-0.39, 0.29) is 17.8 Å². The lowest BCUT2D eigenvalue weighted by Gasteiger charge is -2.03. The average Bonchev–Trinajstić information content (AvgIpc) is 3.43. The number of fused-ring (bicyclic) bond motifs is 1. The predicted molar refractivity (Wildman–Crippen MR) is 97.2 cm³/mol. The molecule has 0 saturated carbocycles. The normalized spacial score (nSPS) is 11.3. The Hall–Kier alpha value is -4.08. The molecule has 5 aromatic rings. The van der Waals surface area contributed by atoms with Gasteiger partial charge in [0.05, 0.1) is 29.7 Å². The van der Waals surface area contributed by atoms with E-state index in [2.05, 4.69) is 30.4 Å². The first-order valence-corrected chi connectivity index (χ1v) is 8.41. The number of aromatic nitrogens is 7. The minimum absolute atomic E-state index is 0.191. The summed E-state index contributed by atoms with van der Waals surface area (Å²) in [6.07, 6.45) is 5.32. The maximum Gasteiger partial charge on any atom is 0.258 e. The van der Waals surface area contributed by atoms with Crippen LogP contribution in [-0.2, 0) is 13.5 Å². The molecule has 28 heavy (non-hydrogen) atoms. The fourth-order valence-corrected chi connectivity index (χ4v) is 2.92. The topological polar surface area (TPSA) is 129 Å². The lowest BCUT2D eigenvalue weighted by molar-refractivity contribution is 0.379. The van der Waals surface area contributed by atoms with Crippen LogP contribution in [0, 0.1) is 0 Å². The molecular weight excluding hydrogens is 362 g/mol. The smallest absolute Gasteiger partial charge is 0.258 e. The molecule has 0 unspecified atom stereocenters. The third kappa shape index (κ3) is 2.86. The van der Waals surface area contributed by atoms with Crippen molar-refractivity contribution < 1.29 is 9.05 Å². The van der Waals surface area contributed by atoms with Crippen LogP contribution < -0.4 is 5.56 Å². The Kier molecular flexibility index (Phi) is 3.61. The van der Waals surface area contributed by atoms with Crippen LogP contribution in [0.4, 0.5) is 0 Å². The number of hydrogen-bond acceptors (Lipinski definition) is 8. The van der Waals surface area contributed by atoms with Gasteiger partial charge in [-0.1, -0.05) is 16.4 Å². The highest BCUT2D eigenvalue weighted by Gasteiger charge is 2.14. The Bertz CT molecular complexity index is 1330. The maximum atomic E-state index is 12.6. The number of H-pyrrole nitrogens is 1. The first kappa shape index (κ1) is 16.1. The molecule has 138 valence electrons. The molecule has 1 N–H and O–H groups in total. The molecular formula is C18H13N7O3. The minimum atomic E-state index is -0.235. The first-order chi connectivity index (χ1) is 13.7. The third-order valence-electron chi connectivity index (χ3n) is 4.24. The quantitative estimate of drug-likeness (QED) is 0.505. The molecule has 0 fully saturated rings. The van der Waals surface area contributed by atoms with Gasteiger partial charge >= 0.3 is 0 Å². The van der Waals surface area contributed by atoms with Crippen molar-refractivity contribution >= 4 is 10.9 Å². The van der Waals surface area contributed by atoms with Crippen LogP contribution in [0.5, 0.6) is 0 Å². The summed E-state index contributed by atoms with van der Waals surface area (Å²) < 4.78 is 11.9. The van der Waals surface area contributed by atoms with E-state index >= 15 is 0 Å². The summed E-state index contributed by atoms with van der Waals surface area (Å²) in [5.74, 6) is 1.43. The zero-order chi connectivity index (χ0) is 19.1. The van der Waals surface area contributed by atoms with Gasteiger partial charge in [-0.05, 0) is 17.7 Å². The highest BCUT2D eigenvalue weighted by Crippen LogP contribution is 2.22. The zero-order valence-corrected chi connectivity index (χ0v) is 14.7. The van der Waals surface area contributed by atoms with Crippen molar-refractivity contribution in [3.63, 3.8) is 0 Å². The number of aryl methyl sites for hydroxylation is 1. The van der Waals surface area contributed by atoms with Crippen molar-refractivity contribution in [3.05, 3.63) is 64.9 Å². The molecule has 0 aliphatic heterocycles. The summed E-state index contributed by atoms with van der Waals surface area (Å²) in [7, 11) is 1.84. The molecule has 0 amide bonds. The average molecular weight is 375 g/mol. The first-order valence-electron chi connectivity index (χ1n) is 8.41. The highest BCUT2D eigenvalue weighted by molar-refractivity contribution is 5.83. The van der Waals surface area contributed by atoms with E-state index < -0.39 is 0 Å². The van der Waals surface area contributed by atoms with E-state index in [1.807, 2.05) is 25.4 Å². The van der Waals surface area contributed by atoms with E-state index in [0.29, 0.717) is 28.4 Å². The second kappa shape index (κ2) is 6.27. The summed E-state index contributed by atoms with van der Waals surface area (Å²) in [4.78, 5) is 24.1. The van der Waals surface area contributed by atoms with Gasteiger partial charge in [-0.15, -0.1) is 0 Å². The summed E-state index contributed by atoms with van der Waals surface area (Å²) in [5.41, 5.74) is 2.18. The van der Waals surface area contributed by atoms with Gasteiger partial charge in [0.2, 0.25) is 17.5 Å². The van der Waals surface area contributed by atoms with E-state index in [1.165, 1.54) is 6.20 Å². The highest BCUT2D eigenvalue weighted by atomic mass is 16.5. The molecule has 0 aliphatic carbocycles. The molecule has 4 aromatic heterocycles. The molecule has 10 heteroatoms. The Morgan fingerprint density at radius 3 is 2.86 bits per heavy atom. The Labute approximate surface area is 156 Å². The molecule has 10 nitrogen and oxygen atoms in total. The largest absolute Gasteiger partial charge is 0.353 e. The molecule has 0 saturated heterocycles. The SMILES string of the molecule is Cn1cc(-c2ccc3nc(Cc4nc(-c5ccno5)no4)[nH]c(=O)c3c2)cn1. The second-order valence-electron chi connectivity index (χ2n) is 6.21. The van der Waals surface area contributed by atoms with Gasteiger partial charge in [0, 0.05) is 24.9 Å². The van der Waals surface area contributed by atoms with Gasteiger partial charge in [-0.2, -0.15) is 10.1 Å². The zero-order valence-electron chi connectivity index (χ0n) is 14.7. The molecule has 0 atom stereocenters. The molecule has 5 rings (SSSR count). The van der Waals surface area contributed by atoms with Crippen LogP contribution in [0.15, 0.2) is 56.7 Å². The monoisotopic (exact) mass is 375 g/mol. The van der Waals surface area contributed by atoms with Gasteiger partial charge in [-0.25, -0.2) is 4.98 Å². The van der Waals surface area contributed by atoms with Gasteiger partial charge in [0.1, 0.15) is 5.82 Å². The lowest BCUT2D eigenvalue weighted by atomic mass is 10.1. The van der Waals surface area contributed by atoms with E-state index in [1.54, 1.807) is 23.0 Å². The van der Waals surface area contributed by atoms with Crippen LogP contribution in [0.3, 0.4) is 0 Å². The van der Waals surface area contributed by atoms with Crippen molar-refractivity contribution in [3.8, 4) is 22.7 Å². The van der Waals surface area contributed by atoms with Crippen LogP contribution in [0.25, 0.3) is 33.6 Å². The van der Waals surface area contributed by atoms with Crippen molar-refractivity contribution in [1.29, 1.82) is 0 Å². The molecule has 0 spiro atoms. The van der Waals surface area contributed by atoms with E-state index in [4.69, 9.17) is 9.05 Å². The van der Waals surface area contributed by atoms with E-state index in [9.17, 15) is 4.79 Å². The fourth-order valence-electron chi connectivity index (χ4n) is 2.92. The van der Waals surface area contributed by atoms with Crippen molar-refractivity contribution in [1.82, 2.24) is 35.0 Å².